The number of hydrogen-bond donors (Lipinski definition) is 3. The fourth-order valence-electron chi connectivity index (χ4n) is 2.62. The monoisotopic (exact) mass is 418 g/mol. The van der Waals surface area contributed by atoms with Gasteiger partial charge in [-0.1, -0.05) is 12.1 Å². The molecule has 11 heteroatoms. The summed E-state index contributed by atoms with van der Waals surface area (Å²) in [5.41, 5.74) is 0.858. The summed E-state index contributed by atoms with van der Waals surface area (Å²) in [5.74, 6) is 0.607. The number of carbonyl (C=O) groups excluding carboxylic acids is 1. The summed E-state index contributed by atoms with van der Waals surface area (Å²) in [7, 11) is -1.25. The van der Waals surface area contributed by atoms with Gasteiger partial charge in [-0.05, 0) is 36.4 Å². The first-order valence-electron chi connectivity index (χ1n) is 8.24. The number of methoxy groups -OCH3 is 1. The fourth-order valence-corrected chi connectivity index (χ4v) is 3.36. The minimum atomic E-state index is -4.09. The van der Waals surface area contributed by atoms with Crippen molar-refractivity contribution in [2.24, 2.45) is 5.14 Å². The molecule has 0 aliphatic carbocycles. The maximum absolute atomic E-state index is 12.0. The van der Waals surface area contributed by atoms with Gasteiger partial charge in [0.1, 0.15) is 11.4 Å². The van der Waals surface area contributed by atoms with Crippen LogP contribution in [0.15, 0.2) is 57.8 Å². The quantitative estimate of drug-likeness (QED) is 0.425. The molecule has 0 fully saturated rings. The van der Waals surface area contributed by atoms with Crippen LogP contribution in [0.25, 0.3) is 22.6 Å². The lowest BCUT2D eigenvalue weighted by molar-refractivity contribution is 0.197. The van der Waals surface area contributed by atoms with Crippen LogP contribution in [0, 0.1) is 0 Å². The van der Waals surface area contributed by atoms with Crippen molar-refractivity contribution in [3.05, 3.63) is 48.5 Å². The summed E-state index contributed by atoms with van der Waals surface area (Å²) in [4.78, 5) is 15.7. The van der Waals surface area contributed by atoms with Gasteiger partial charge in [0.15, 0.2) is 5.76 Å². The molecule has 3 rings (SSSR count). The smallest absolute Gasteiger partial charge is 0.349 e. The number of nitrogens with zero attached hydrogens (tertiary/aromatic N) is 2. The second-order valence-corrected chi connectivity index (χ2v) is 7.34. The van der Waals surface area contributed by atoms with Crippen LogP contribution >= 0.6 is 0 Å². The van der Waals surface area contributed by atoms with E-state index in [1.54, 1.807) is 30.3 Å². The highest BCUT2D eigenvalue weighted by Gasteiger charge is 2.26. The number of oxazole rings is 1. The zero-order chi connectivity index (χ0) is 21.2. The number of hydroxylamine groups is 1. The number of carbonyl (C=O) groups is 1. The Hall–Kier alpha value is -3.41. The van der Waals surface area contributed by atoms with Crippen LogP contribution in [-0.2, 0) is 10.0 Å². The van der Waals surface area contributed by atoms with E-state index in [1.165, 1.54) is 32.4 Å². The molecule has 4 N–H and O–H groups in total. The van der Waals surface area contributed by atoms with E-state index >= 15 is 0 Å². The first-order valence-corrected chi connectivity index (χ1v) is 9.79. The number of primary sulfonamides is 1. The number of nitrogens with two attached hydrogens (primary N) is 1. The van der Waals surface area contributed by atoms with Gasteiger partial charge in [-0.3, -0.25) is 5.21 Å². The van der Waals surface area contributed by atoms with E-state index in [0.717, 1.165) is 0 Å². The molecule has 152 valence electrons. The molecule has 0 saturated carbocycles. The number of urea groups is 1. The lowest BCUT2D eigenvalue weighted by atomic mass is 10.1. The van der Waals surface area contributed by atoms with Gasteiger partial charge >= 0.3 is 12.0 Å². The largest absolute Gasteiger partial charge is 0.497 e. The van der Waals surface area contributed by atoms with Gasteiger partial charge in [-0.15, -0.1) is 5.06 Å². The molecule has 2 amide bonds. The number of hydrogen-bond acceptors (Lipinski definition) is 7. The van der Waals surface area contributed by atoms with Gasteiger partial charge in [0.2, 0.25) is 10.0 Å². The predicted octanol–water partition coefficient (Wildman–Crippen LogP) is 2.20. The Morgan fingerprint density at radius 1 is 1.21 bits per heavy atom. The van der Waals surface area contributed by atoms with E-state index in [-0.39, 0.29) is 27.0 Å². The Morgan fingerprint density at radius 3 is 2.45 bits per heavy atom. The highest BCUT2D eigenvalue weighted by atomic mass is 32.2. The third kappa shape index (κ3) is 4.06. The topological polar surface area (TPSA) is 148 Å². The van der Waals surface area contributed by atoms with E-state index in [2.05, 4.69) is 10.3 Å². The van der Waals surface area contributed by atoms with Crippen LogP contribution < -0.4 is 20.3 Å². The molecular formula is C18H18N4O6S. The van der Waals surface area contributed by atoms with Crippen LogP contribution in [-0.4, -0.2) is 38.8 Å². The number of amides is 2. The summed E-state index contributed by atoms with van der Waals surface area (Å²) in [6, 6.07) is 11.3. The normalized spacial score (nSPS) is 11.2. The van der Waals surface area contributed by atoms with Crippen LogP contribution in [0.2, 0.25) is 0 Å². The van der Waals surface area contributed by atoms with Crippen LogP contribution in [0.5, 0.6) is 5.75 Å². The standard InChI is InChI=1S/C18H18N4O6S/c1-20-17(23)22(24)18-21-15(11-7-9-12(27-2)10-8-11)16(28-18)13-5-3-4-6-14(13)29(19,25)26/h3-10,24H,1-2H3,(H,20,23)(H2,19,25,26). The molecule has 0 aliphatic rings. The highest BCUT2D eigenvalue weighted by molar-refractivity contribution is 7.89. The molecule has 29 heavy (non-hydrogen) atoms. The first kappa shape index (κ1) is 20.3. The maximum atomic E-state index is 12.0. The third-order valence-electron chi connectivity index (χ3n) is 4.00. The Morgan fingerprint density at radius 2 is 1.86 bits per heavy atom. The van der Waals surface area contributed by atoms with Crippen LogP contribution in [0.1, 0.15) is 0 Å². The first-order chi connectivity index (χ1) is 13.8. The minimum absolute atomic E-state index is 0.0118. The number of aromatic nitrogens is 1. The fraction of sp³-hybridized carbons (Fsp3) is 0.111. The highest BCUT2D eigenvalue weighted by Crippen LogP contribution is 2.38. The average Bonchev–Trinajstić information content (AvgIpc) is 3.17. The predicted molar refractivity (Wildman–Crippen MR) is 104 cm³/mol. The molecule has 0 saturated heterocycles. The molecule has 2 aromatic carbocycles. The number of sulfonamides is 1. The Labute approximate surface area is 166 Å². The molecule has 0 unspecified atom stereocenters. The number of anilines is 1. The maximum Gasteiger partial charge on any atom is 0.349 e. The molecule has 1 aromatic heterocycles. The summed E-state index contributed by atoms with van der Waals surface area (Å²) in [6.45, 7) is 0. The van der Waals surface area contributed by atoms with Crippen molar-refractivity contribution in [2.75, 3.05) is 19.2 Å². The van der Waals surface area contributed by atoms with E-state index in [4.69, 9.17) is 14.3 Å². The molecule has 0 radical (unpaired) electrons. The van der Waals surface area contributed by atoms with E-state index in [0.29, 0.717) is 11.3 Å². The van der Waals surface area contributed by atoms with E-state index in [1.807, 2.05) is 0 Å². The molecule has 0 aliphatic heterocycles. The number of ether oxygens (including phenoxy) is 1. The SMILES string of the molecule is CNC(=O)N(O)c1nc(-c2ccc(OC)cc2)c(-c2ccccc2S(N)(=O)=O)o1. The second-order valence-electron chi connectivity index (χ2n) is 5.81. The van der Waals surface area contributed by atoms with Crippen LogP contribution in [0.4, 0.5) is 10.8 Å². The van der Waals surface area contributed by atoms with Gasteiger partial charge in [0, 0.05) is 18.2 Å². The van der Waals surface area contributed by atoms with Crippen molar-refractivity contribution in [1.29, 1.82) is 0 Å². The molecule has 10 nitrogen and oxygen atoms in total. The van der Waals surface area contributed by atoms with Gasteiger partial charge in [0.25, 0.3) is 0 Å². The second kappa shape index (κ2) is 7.91. The molecule has 3 aromatic rings. The summed E-state index contributed by atoms with van der Waals surface area (Å²) in [5, 5.41) is 17.8. The zero-order valence-electron chi connectivity index (χ0n) is 15.5. The van der Waals surface area contributed by atoms with Crippen molar-refractivity contribution in [3.63, 3.8) is 0 Å². The number of nitrogens with one attached hydrogen (secondary N) is 1. The van der Waals surface area contributed by atoms with Gasteiger partial charge in [-0.2, -0.15) is 4.98 Å². The van der Waals surface area contributed by atoms with Gasteiger partial charge in [0.05, 0.1) is 12.0 Å². The van der Waals surface area contributed by atoms with Crippen molar-refractivity contribution in [2.45, 2.75) is 4.90 Å². The lowest BCUT2D eigenvalue weighted by Crippen LogP contribution is -2.35. The Bertz CT molecular complexity index is 1140. The Kier molecular flexibility index (Phi) is 5.55. The van der Waals surface area contributed by atoms with Gasteiger partial charge in [-0.25, -0.2) is 18.4 Å². The van der Waals surface area contributed by atoms with Crippen molar-refractivity contribution >= 4 is 22.1 Å². The summed E-state index contributed by atoms with van der Waals surface area (Å²) in [6.07, 6.45) is 0. The average molecular weight is 418 g/mol. The van der Waals surface area contributed by atoms with Gasteiger partial charge < -0.3 is 14.5 Å². The van der Waals surface area contributed by atoms with Crippen molar-refractivity contribution in [3.8, 4) is 28.3 Å². The van der Waals surface area contributed by atoms with E-state index in [9.17, 15) is 18.4 Å². The summed E-state index contributed by atoms with van der Waals surface area (Å²) < 4.78 is 34.8. The molecule has 1 heterocycles. The minimum Gasteiger partial charge on any atom is -0.497 e. The lowest BCUT2D eigenvalue weighted by Gasteiger charge is -2.09. The molecule has 0 bridgehead atoms. The van der Waals surface area contributed by atoms with E-state index < -0.39 is 22.1 Å². The van der Waals surface area contributed by atoms with Crippen LogP contribution in [0.3, 0.4) is 0 Å². The molecular weight excluding hydrogens is 400 g/mol. The molecule has 0 atom stereocenters. The summed E-state index contributed by atoms with van der Waals surface area (Å²) >= 11 is 0. The molecule has 0 spiro atoms. The number of benzene rings is 2. The van der Waals surface area contributed by atoms with Crippen molar-refractivity contribution in [1.82, 2.24) is 10.3 Å². The zero-order valence-corrected chi connectivity index (χ0v) is 16.3. The number of rotatable bonds is 5. The third-order valence-corrected chi connectivity index (χ3v) is 4.97. The van der Waals surface area contributed by atoms with Crippen molar-refractivity contribution < 1.29 is 27.6 Å². The Balaban J connectivity index is 2.25.